The summed E-state index contributed by atoms with van der Waals surface area (Å²) in [5, 5.41) is 0. The average Bonchev–Trinajstić information content (AvgIpc) is 2.25. The summed E-state index contributed by atoms with van der Waals surface area (Å²) >= 11 is 5.33. The number of methoxy groups -OCH3 is 1. The number of halogens is 4. The van der Waals surface area contributed by atoms with Crippen LogP contribution in [0.5, 0.6) is 11.5 Å². The van der Waals surface area contributed by atoms with E-state index in [4.69, 9.17) is 16.3 Å². The zero-order chi connectivity index (χ0) is 13.1. The maximum atomic E-state index is 12.0. The van der Waals surface area contributed by atoms with Gasteiger partial charge in [0.2, 0.25) is 0 Å². The largest absolute Gasteiger partial charge is 0.573 e. The van der Waals surface area contributed by atoms with Gasteiger partial charge in [0.15, 0.2) is 5.78 Å². The van der Waals surface area contributed by atoms with Crippen LogP contribution < -0.4 is 9.47 Å². The molecule has 0 bridgehead atoms. The van der Waals surface area contributed by atoms with Gasteiger partial charge in [0.05, 0.1) is 18.6 Å². The fourth-order valence-electron chi connectivity index (χ4n) is 1.17. The molecule has 0 amide bonds. The summed E-state index contributed by atoms with van der Waals surface area (Å²) in [7, 11) is 1.30. The van der Waals surface area contributed by atoms with E-state index in [0.29, 0.717) is 0 Å². The van der Waals surface area contributed by atoms with Crippen molar-refractivity contribution in [3.63, 3.8) is 0 Å². The van der Waals surface area contributed by atoms with Gasteiger partial charge < -0.3 is 9.47 Å². The first-order valence-corrected chi connectivity index (χ1v) is 4.94. The Bertz CT molecular complexity index is 418. The van der Waals surface area contributed by atoms with E-state index < -0.39 is 17.9 Å². The molecule has 94 valence electrons. The van der Waals surface area contributed by atoms with Crippen molar-refractivity contribution in [3.05, 3.63) is 23.8 Å². The highest BCUT2D eigenvalue weighted by Gasteiger charge is 2.31. The van der Waals surface area contributed by atoms with E-state index in [9.17, 15) is 18.0 Å². The zero-order valence-corrected chi connectivity index (χ0v) is 9.43. The van der Waals surface area contributed by atoms with Crippen LogP contribution in [0.25, 0.3) is 0 Å². The van der Waals surface area contributed by atoms with Gasteiger partial charge in [0.1, 0.15) is 11.5 Å². The monoisotopic (exact) mass is 268 g/mol. The average molecular weight is 269 g/mol. The number of carbonyl (C=O) groups excluding carboxylic acids is 1. The Morgan fingerprint density at radius 2 is 2.06 bits per heavy atom. The van der Waals surface area contributed by atoms with Crippen molar-refractivity contribution in [2.45, 2.75) is 6.36 Å². The van der Waals surface area contributed by atoms with Crippen molar-refractivity contribution in [2.75, 3.05) is 13.0 Å². The SMILES string of the molecule is COc1ccc(OC(F)(F)F)cc1C(=O)CCl. The van der Waals surface area contributed by atoms with Crippen LogP contribution in [0.2, 0.25) is 0 Å². The van der Waals surface area contributed by atoms with Gasteiger partial charge >= 0.3 is 6.36 Å². The Labute approximate surface area is 100 Å². The van der Waals surface area contributed by atoms with Crippen LogP contribution in [0.1, 0.15) is 10.4 Å². The minimum absolute atomic E-state index is 0.0516. The van der Waals surface area contributed by atoms with Crippen molar-refractivity contribution in [2.24, 2.45) is 0 Å². The highest BCUT2D eigenvalue weighted by molar-refractivity contribution is 6.30. The van der Waals surface area contributed by atoms with Crippen molar-refractivity contribution in [3.8, 4) is 11.5 Å². The van der Waals surface area contributed by atoms with E-state index in [-0.39, 0.29) is 17.2 Å². The normalized spacial score (nSPS) is 11.1. The minimum Gasteiger partial charge on any atom is -0.496 e. The molecule has 0 fully saturated rings. The highest BCUT2D eigenvalue weighted by atomic mass is 35.5. The van der Waals surface area contributed by atoms with Crippen LogP contribution in [0, 0.1) is 0 Å². The standard InChI is InChI=1S/C10H8ClF3O3/c1-16-9-3-2-6(17-10(12,13)14)4-7(9)8(15)5-11/h2-4H,5H2,1H3. The van der Waals surface area contributed by atoms with E-state index in [1.807, 2.05) is 0 Å². The fourth-order valence-corrected chi connectivity index (χ4v) is 1.32. The van der Waals surface area contributed by atoms with Gasteiger partial charge in [-0.15, -0.1) is 24.8 Å². The van der Waals surface area contributed by atoms with Gasteiger partial charge in [0.25, 0.3) is 0 Å². The first-order valence-electron chi connectivity index (χ1n) is 4.40. The van der Waals surface area contributed by atoms with E-state index in [0.717, 1.165) is 12.1 Å². The minimum atomic E-state index is -4.81. The summed E-state index contributed by atoms with van der Waals surface area (Å²) in [4.78, 5) is 11.4. The lowest BCUT2D eigenvalue weighted by Gasteiger charge is -2.11. The summed E-state index contributed by atoms with van der Waals surface area (Å²) in [6.45, 7) is 0. The topological polar surface area (TPSA) is 35.5 Å². The Kier molecular flexibility index (Phi) is 4.22. The molecule has 0 aliphatic carbocycles. The quantitative estimate of drug-likeness (QED) is 0.622. The number of ketones is 1. The van der Waals surface area contributed by atoms with Crippen molar-refractivity contribution >= 4 is 17.4 Å². The maximum absolute atomic E-state index is 12.0. The van der Waals surface area contributed by atoms with Crippen molar-refractivity contribution in [1.29, 1.82) is 0 Å². The zero-order valence-electron chi connectivity index (χ0n) is 8.68. The molecule has 1 rings (SSSR count). The fraction of sp³-hybridized carbons (Fsp3) is 0.300. The van der Waals surface area contributed by atoms with Crippen molar-refractivity contribution < 1.29 is 27.4 Å². The molecule has 0 saturated carbocycles. The molecule has 0 aliphatic rings. The van der Waals surface area contributed by atoms with E-state index in [2.05, 4.69) is 4.74 Å². The number of carbonyl (C=O) groups is 1. The van der Waals surface area contributed by atoms with Gasteiger partial charge in [-0.1, -0.05) is 0 Å². The molecule has 3 nitrogen and oxygen atoms in total. The molecule has 0 unspecified atom stereocenters. The lowest BCUT2D eigenvalue weighted by Crippen LogP contribution is -2.17. The summed E-state index contributed by atoms with van der Waals surface area (Å²) in [5.74, 6) is -1.25. The number of benzene rings is 1. The van der Waals surface area contributed by atoms with Crippen LogP contribution in [-0.2, 0) is 0 Å². The molecular formula is C10H8ClF3O3. The molecule has 17 heavy (non-hydrogen) atoms. The van der Waals surface area contributed by atoms with Gasteiger partial charge in [-0.2, -0.15) is 0 Å². The Balaban J connectivity index is 3.09. The van der Waals surface area contributed by atoms with Crippen LogP contribution in [-0.4, -0.2) is 25.1 Å². The highest BCUT2D eigenvalue weighted by Crippen LogP contribution is 2.28. The molecule has 0 radical (unpaired) electrons. The molecule has 0 saturated heterocycles. The van der Waals surface area contributed by atoms with E-state index in [1.54, 1.807) is 0 Å². The lowest BCUT2D eigenvalue weighted by atomic mass is 10.1. The van der Waals surface area contributed by atoms with Gasteiger partial charge in [-0.25, -0.2) is 0 Å². The molecule has 0 N–H and O–H groups in total. The maximum Gasteiger partial charge on any atom is 0.573 e. The first-order chi connectivity index (χ1) is 7.87. The smallest absolute Gasteiger partial charge is 0.496 e. The third-order valence-corrected chi connectivity index (χ3v) is 2.07. The number of ether oxygens (including phenoxy) is 2. The van der Waals surface area contributed by atoms with Crippen LogP contribution in [0.3, 0.4) is 0 Å². The third-order valence-electron chi connectivity index (χ3n) is 1.83. The van der Waals surface area contributed by atoms with Gasteiger partial charge in [0, 0.05) is 0 Å². The molecule has 0 aromatic heterocycles. The van der Waals surface area contributed by atoms with E-state index in [1.165, 1.54) is 13.2 Å². The van der Waals surface area contributed by atoms with Crippen molar-refractivity contribution in [1.82, 2.24) is 0 Å². The molecule has 0 aliphatic heterocycles. The van der Waals surface area contributed by atoms with Crippen LogP contribution in [0.4, 0.5) is 13.2 Å². The van der Waals surface area contributed by atoms with Gasteiger partial charge in [-0.05, 0) is 18.2 Å². The number of rotatable bonds is 4. The Morgan fingerprint density at radius 1 is 1.41 bits per heavy atom. The second-order valence-electron chi connectivity index (χ2n) is 2.97. The molecule has 0 heterocycles. The molecular weight excluding hydrogens is 261 g/mol. The molecule has 0 atom stereocenters. The van der Waals surface area contributed by atoms with Crippen LogP contribution >= 0.6 is 11.6 Å². The third kappa shape index (κ3) is 3.81. The second kappa shape index (κ2) is 5.27. The number of hydrogen-bond acceptors (Lipinski definition) is 3. The summed E-state index contributed by atoms with van der Waals surface area (Å²) in [6, 6.07) is 3.20. The lowest BCUT2D eigenvalue weighted by molar-refractivity contribution is -0.274. The van der Waals surface area contributed by atoms with Crippen LogP contribution in [0.15, 0.2) is 18.2 Å². The molecule has 1 aromatic rings. The Hall–Kier alpha value is -1.43. The van der Waals surface area contributed by atoms with E-state index >= 15 is 0 Å². The predicted octanol–water partition coefficient (Wildman–Crippen LogP) is 3.02. The molecule has 0 spiro atoms. The predicted molar refractivity (Wildman–Crippen MR) is 54.7 cm³/mol. The number of alkyl halides is 4. The summed E-state index contributed by atoms with van der Waals surface area (Å²) < 4.78 is 44.4. The summed E-state index contributed by atoms with van der Waals surface area (Å²) in [6.07, 6.45) is -4.81. The number of hydrogen-bond donors (Lipinski definition) is 0. The summed E-state index contributed by atoms with van der Waals surface area (Å²) in [5.41, 5.74) is -0.0516. The molecule has 1 aromatic carbocycles. The Morgan fingerprint density at radius 3 is 2.53 bits per heavy atom. The molecule has 7 heteroatoms. The number of Topliss-reactive ketones (excluding diaryl/α,β-unsaturated/α-hetero) is 1. The second-order valence-corrected chi connectivity index (χ2v) is 3.23. The van der Waals surface area contributed by atoms with Gasteiger partial charge in [-0.3, -0.25) is 4.79 Å². The first kappa shape index (κ1) is 13.6.